The first kappa shape index (κ1) is 32.4. The van der Waals surface area contributed by atoms with Crippen LogP contribution in [0.2, 0.25) is 0 Å². The first-order valence-corrected chi connectivity index (χ1v) is 20.0. The fourth-order valence-corrected chi connectivity index (χ4v) is 9.84. The molecule has 0 aliphatic carbocycles. The second kappa shape index (κ2) is 13.4. The Morgan fingerprint density at radius 2 is 0.929 bits per heavy atom. The van der Waals surface area contributed by atoms with E-state index in [0.717, 1.165) is 11.4 Å². The van der Waals surface area contributed by atoms with Crippen LogP contribution in [0.15, 0.2) is 212 Å². The summed E-state index contributed by atoms with van der Waals surface area (Å²) in [6, 6.07) is 77.7. The molecule has 0 radical (unpaired) electrons. The van der Waals surface area contributed by atoms with Gasteiger partial charge in [0.15, 0.2) is 0 Å². The molecule has 10 aromatic carbocycles. The zero-order valence-electron chi connectivity index (χ0n) is 30.6. The molecule has 0 aliphatic heterocycles. The highest BCUT2D eigenvalue weighted by Crippen LogP contribution is 2.48. The van der Waals surface area contributed by atoms with Gasteiger partial charge in [0.05, 0.1) is 16.1 Å². The van der Waals surface area contributed by atoms with E-state index in [0.29, 0.717) is 0 Å². The van der Waals surface area contributed by atoms with Gasteiger partial charge in [-0.1, -0.05) is 176 Å². The molecule has 0 saturated heterocycles. The van der Waals surface area contributed by atoms with Crippen LogP contribution in [-0.4, -0.2) is 0 Å². The monoisotopic (exact) mass is 729 g/mol. The van der Waals surface area contributed by atoms with Gasteiger partial charge in [-0.3, -0.25) is 0 Å². The molecule has 1 heterocycles. The van der Waals surface area contributed by atoms with E-state index in [4.69, 9.17) is 0 Å². The molecule has 0 spiro atoms. The second-order valence-corrected chi connectivity index (χ2v) is 15.5. The van der Waals surface area contributed by atoms with Crippen LogP contribution in [0.5, 0.6) is 0 Å². The normalized spacial score (nSPS) is 11.6. The average Bonchev–Trinajstić information content (AvgIpc) is 3.66. The SMILES string of the molecule is c1ccc(-c2cccc3cccc(-c4ccc(N(c5ccc(-c6ccc7ccccc7c6)c6ccccc56)c5cccc6c5sc5ccccc56)cc4)c23)cc1. The lowest BCUT2D eigenvalue weighted by Crippen LogP contribution is -2.11. The van der Waals surface area contributed by atoms with Gasteiger partial charge in [-0.15, -0.1) is 11.3 Å². The zero-order valence-corrected chi connectivity index (χ0v) is 31.4. The third-order valence-corrected chi connectivity index (χ3v) is 12.5. The van der Waals surface area contributed by atoms with Crippen molar-refractivity contribution in [2.75, 3.05) is 4.90 Å². The van der Waals surface area contributed by atoms with Crippen molar-refractivity contribution in [2.45, 2.75) is 0 Å². The van der Waals surface area contributed by atoms with Gasteiger partial charge in [-0.2, -0.15) is 0 Å². The Labute approximate surface area is 330 Å². The van der Waals surface area contributed by atoms with Crippen molar-refractivity contribution in [3.63, 3.8) is 0 Å². The summed E-state index contributed by atoms with van der Waals surface area (Å²) >= 11 is 1.87. The molecular formula is C54H35NS. The first-order valence-electron chi connectivity index (χ1n) is 19.2. The number of nitrogens with zero attached hydrogens (tertiary/aromatic N) is 1. The molecule has 1 aromatic heterocycles. The molecule has 2 heteroatoms. The van der Waals surface area contributed by atoms with Gasteiger partial charge in [0, 0.05) is 26.5 Å². The van der Waals surface area contributed by atoms with E-state index in [9.17, 15) is 0 Å². The largest absolute Gasteiger partial charge is 0.308 e. The third kappa shape index (κ3) is 5.38. The number of rotatable bonds is 6. The van der Waals surface area contributed by atoms with Crippen LogP contribution in [-0.2, 0) is 0 Å². The minimum absolute atomic E-state index is 1.12. The molecule has 0 amide bonds. The Hall–Kier alpha value is -7.00. The molecule has 0 N–H and O–H groups in total. The highest BCUT2D eigenvalue weighted by molar-refractivity contribution is 7.26. The fourth-order valence-electron chi connectivity index (χ4n) is 8.63. The summed E-state index contributed by atoms with van der Waals surface area (Å²) in [5.41, 5.74) is 10.8. The maximum atomic E-state index is 2.48. The summed E-state index contributed by atoms with van der Waals surface area (Å²) in [6.45, 7) is 0. The second-order valence-electron chi connectivity index (χ2n) is 14.4. The van der Waals surface area contributed by atoms with Crippen molar-refractivity contribution in [1.82, 2.24) is 0 Å². The Balaban J connectivity index is 1.12. The smallest absolute Gasteiger partial charge is 0.0640 e. The van der Waals surface area contributed by atoms with Gasteiger partial charge < -0.3 is 4.90 Å². The molecule has 0 aliphatic rings. The minimum Gasteiger partial charge on any atom is -0.308 e. The number of benzene rings is 10. The number of hydrogen-bond acceptors (Lipinski definition) is 2. The van der Waals surface area contributed by atoms with Gasteiger partial charge in [-0.25, -0.2) is 0 Å². The quantitative estimate of drug-likeness (QED) is 0.165. The third-order valence-electron chi connectivity index (χ3n) is 11.3. The van der Waals surface area contributed by atoms with Gasteiger partial charge >= 0.3 is 0 Å². The number of anilines is 3. The predicted octanol–water partition coefficient (Wildman–Crippen LogP) is 16.0. The maximum Gasteiger partial charge on any atom is 0.0640 e. The van der Waals surface area contributed by atoms with E-state index in [2.05, 4.69) is 217 Å². The van der Waals surface area contributed by atoms with E-state index in [1.165, 1.54) is 91.6 Å². The summed E-state index contributed by atoms with van der Waals surface area (Å²) in [5, 5.41) is 10.0. The van der Waals surface area contributed by atoms with Crippen LogP contribution in [0.1, 0.15) is 0 Å². The molecule has 0 saturated carbocycles. The van der Waals surface area contributed by atoms with Gasteiger partial charge in [-0.05, 0) is 96.7 Å². The van der Waals surface area contributed by atoms with Crippen molar-refractivity contribution >= 4 is 80.9 Å². The predicted molar refractivity (Wildman–Crippen MR) is 243 cm³/mol. The Morgan fingerprint density at radius 1 is 0.321 bits per heavy atom. The molecule has 0 unspecified atom stereocenters. The molecular weight excluding hydrogens is 695 g/mol. The van der Waals surface area contributed by atoms with Crippen LogP contribution < -0.4 is 4.90 Å². The lowest BCUT2D eigenvalue weighted by Gasteiger charge is -2.28. The van der Waals surface area contributed by atoms with Crippen molar-refractivity contribution in [1.29, 1.82) is 0 Å². The molecule has 262 valence electrons. The summed E-state index contributed by atoms with van der Waals surface area (Å²) in [4.78, 5) is 2.48. The first-order chi connectivity index (χ1) is 27.8. The van der Waals surface area contributed by atoms with Crippen molar-refractivity contribution < 1.29 is 0 Å². The molecule has 56 heavy (non-hydrogen) atoms. The van der Waals surface area contributed by atoms with Crippen LogP contribution in [0.25, 0.3) is 85.9 Å². The van der Waals surface area contributed by atoms with Crippen molar-refractivity contribution in [3.05, 3.63) is 212 Å². The molecule has 11 rings (SSSR count). The van der Waals surface area contributed by atoms with Gasteiger partial charge in [0.1, 0.15) is 0 Å². The lowest BCUT2D eigenvalue weighted by atomic mass is 9.91. The maximum absolute atomic E-state index is 2.48. The van der Waals surface area contributed by atoms with E-state index in [1.807, 2.05) is 11.3 Å². The number of thiophene rings is 1. The van der Waals surface area contributed by atoms with Crippen molar-refractivity contribution in [3.8, 4) is 33.4 Å². The number of fused-ring (bicyclic) bond motifs is 6. The minimum atomic E-state index is 1.12. The van der Waals surface area contributed by atoms with Crippen molar-refractivity contribution in [2.24, 2.45) is 0 Å². The standard InChI is InChI=1S/C54H35NS/c1-2-14-37(15-3-1)44-22-10-17-39-18-11-23-45(53(39)44)38-29-31-42(32-30-38)55(51-25-12-24-49-48-21-8-9-26-52(48)56-54(49)51)50-34-33-43(46-19-6-7-20-47(46)50)41-28-27-36-13-4-5-16-40(36)35-41/h1-35H. The van der Waals surface area contributed by atoms with E-state index < -0.39 is 0 Å². The topological polar surface area (TPSA) is 3.24 Å². The summed E-state index contributed by atoms with van der Waals surface area (Å²) in [5.74, 6) is 0. The zero-order chi connectivity index (χ0) is 37.0. The average molecular weight is 730 g/mol. The van der Waals surface area contributed by atoms with Gasteiger partial charge in [0.2, 0.25) is 0 Å². The molecule has 0 atom stereocenters. The Morgan fingerprint density at radius 3 is 1.73 bits per heavy atom. The Kier molecular flexibility index (Phi) is 7.75. The highest BCUT2D eigenvalue weighted by Gasteiger charge is 2.21. The van der Waals surface area contributed by atoms with Crippen LogP contribution in [0.4, 0.5) is 17.1 Å². The lowest BCUT2D eigenvalue weighted by molar-refractivity contribution is 1.32. The summed E-state index contributed by atoms with van der Waals surface area (Å²) < 4.78 is 2.58. The van der Waals surface area contributed by atoms with E-state index in [1.54, 1.807) is 0 Å². The van der Waals surface area contributed by atoms with Crippen LogP contribution in [0, 0.1) is 0 Å². The van der Waals surface area contributed by atoms with E-state index in [-0.39, 0.29) is 0 Å². The molecule has 0 bridgehead atoms. The molecule has 1 nitrogen and oxygen atoms in total. The van der Waals surface area contributed by atoms with Crippen LogP contribution >= 0.6 is 11.3 Å². The van der Waals surface area contributed by atoms with Crippen LogP contribution in [0.3, 0.4) is 0 Å². The van der Waals surface area contributed by atoms with Gasteiger partial charge in [0.25, 0.3) is 0 Å². The highest BCUT2D eigenvalue weighted by atomic mass is 32.1. The Bertz CT molecular complexity index is 3240. The summed E-state index contributed by atoms with van der Waals surface area (Å²) in [7, 11) is 0. The summed E-state index contributed by atoms with van der Waals surface area (Å²) in [6.07, 6.45) is 0. The fraction of sp³-hybridized carbons (Fsp3) is 0. The van der Waals surface area contributed by atoms with E-state index >= 15 is 0 Å². The molecule has 11 aromatic rings. The molecule has 0 fully saturated rings. The number of hydrogen-bond donors (Lipinski definition) is 0.